The lowest BCUT2D eigenvalue weighted by Crippen LogP contribution is -2.25. The molecule has 0 radical (unpaired) electrons. The van der Waals surface area contributed by atoms with Crippen LogP contribution in [0.25, 0.3) is 11.4 Å². The van der Waals surface area contributed by atoms with E-state index < -0.39 is 5.82 Å². The number of aromatic nitrogens is 2. The first-order valence-electron chi connectivity index (χ1n) is 8.17. The van der Waals surface area contributed by atoms with Gasteiger partial charge in [-0.05, 0) is 36.8 Å². The molecule has 1 saturated heterocycles. The van der Waals surface area contributed by atoms with Crippen LogP contribution in [0.1, 0.15) is 23.8 Å². The summed E-state index contributed by atoms with van der Waals surface area (Å²) in [6.07, 6.45) is 0.199. The molecule has 1 unspecified atom stereocenters. The van der Waals surface area contributed by atoms with E-state index in [0.29, 0.717) is 23.3 Å². The highest BCUT2D eigenvalue weighted by Gasteiger charge is 2.36. The number of anilines is 1. The molecule has 1 fully saturated rings. The summed E-state index contributed by atoms with van der Waals surface area (Å²) in [6, 6.07) is 11.9. The normalized spacial score (nSPS) is 17.1. The Morgan fingerprint density at radius 2 is 2.12 bits per heavy atom. The second kappa shape index (κ2) is 6.53. The van der Waals surface area contributed by atoms with E-state index in [1.165, 1.54) is 11.0 Å². The summed E-state index contributed by atoms with van der Waals surface area (Å²) in [4.78, 5) is 18.2. The monoisotopic (exact) mass is 371 g/mol. The molecule has 7 heteroatoms. The zero-order valence-electron chi connectivity index (χ0n) is 13.9. The second-order valence-corrected chi connectivity index (χ2v) is 6.76. The molecular weight excluding hydrogens is 357 g/mol. The fourth-order valence-electron chi connectivity index (χ4n) is 3.08. The molecule has 0 spiro atoms. The van der Waals surface area contributed by atoms with Gasteiger partial charge < -0.3 is 9.42 Å². The molecule has 5 nitrogen and oxygen atoms in total. The van der Waals surface area contributed by atoms with Crippen LogP contribution in [0.15, 0.2) is 47.0 Å². The minimum Gasteiger partial charge on any atom is -0.339 e. The number of carbonyl (C=O) groups is 1. The van der Waals surface area contributed by atoms with Crippen LogP contribution >= 0.6 is 11.6 Å². The Labute approximate surface area is 154 Å². The van der Waals surface area contributed by atoms with Crippen molar-refractivity contribution < 1.29 is 13.7 Å². The van der Waals surface area contributed by atoms with E-state index in [9.17, 15) is 9.18 Å². The fraction of sp³-hybridized carbons (Fsp3) is 0.211. The quantitative estimate of drug-likeness (QED) is 0.686. The summed E-state index contributed by atoms with van der Waals surface area (Å²) in [5.74, 6) is -0.0775. The van der Waals surface area contributed by atoms with Crippen molar-refractivity contribution in [2.75, 3.05) is 11.4 Å². The maximum absolute atomic E-state index is 14.2. The molecule has 26 heavy (non-hydrogen) atoms. The lowest BCUT2D eigenvalue weighted by molar-refractivity contribution is -0.117. The van der Waals surface area contributed by atoms with E-state index in [1.54, 1.807) is 37.3 Å². The summed E-state index contributed by atoms with van der Waals surface area (Å²) in [5.41, 5.74) is 1.81. The number of aryl methyl sites for hydroxylation is 1. The van der Waals surface area contributed by atoms with Gasteiger partial charge in [-0.3, -0.25) is 4.79 Å². The van der Waals surface area contributed by atoms with E-state index in [2.05, 4.69) is 10.1 Å². The first-order chi connectivity index (χ1) is 12.5. The predicted octanol–water partition coefficient (Wildman–Crippen LogP) is 4.36. The lowest BCUT2D eigenvalue weighted by atomic mass is 10.1. The number of hydrogen-bond donors (Lipinski definition) is 0. The number of hydrogen-bond acceptors (Lipinski definition) is 4. The zero-order chi connectivity index (χ0) is 18.3. The molecule has 3 aromatic rings. The Morgan fingerprint density at radius 1 is 1.27 bits per heavy atom. The molecule has 0 bridgehead atoms. The van der Waals surface area contributed by atoms with Crippen molar-refractivity contribution in [3.63, 3.8) is 0 Å². The first kappa shape index (κ1) is 16.7. The highest BCUT2D eigenvalue weighted by molar-refractivity contribution is 6.30. The second-order valence-electron chi connectivity index (χ2n) is 6.33. The number of benzene rings is 2. The van der Waals surface area contributed by atoms with Crippen molar-refractivity contribution in [3.8, 4) is 11.4 Å². The third kappa shape index (κ3) is 3.08. The third-order valence-electron chi connectivity index (χ3n) is 4.39. The van der Waals surface area contributed by atoms with E-state index in [0.717, 1.165) is 11.1 Å². The minimum atomic E-state index is -0.413. The lowest BCUT2D eigenvalue weighted by Gasteiger charge is -2.17. The van der Waals surface area contributed by atoms with Gasteiger partial charge in [-0.1, -0.05) is 35.0 Å². The average Bonchev–Trinajstić information content (AvgIpc) is 3.22. The van der Waals surface area contributed by atoms with E-state index in [1.807, 2.05) is 6.07 Å². The molecule has 1 atom stereocenters. The Morgan fingerprint density at radius 3 is 2.88 bits per heavy atom. The van der Waals surface area contributed by atoms with Gasteiger partial charge in [0.05, 0.1) is 11.6 Å². The Hall–Kier alpha value is -2.73. The summed E-state index contributed by atoms with van der Waals surface area (Å²) < 4.78 is 19.6. The van der Waals surface area contributed by atoms with Crippen molar-refractivity contribution in [2.45, 2.75) is 19.3 Å². The van der Waals surface area contributed by atoms with Gasteiger partial charge in [0.25, 0.3) is 0 Å². The van der Waals surface area contributed by atoms with Crippen LogP contribution in [-0.4, -0.2) is 22.6 Å². The fourth-order valence-corrected chi connectivity index (χ4v) is 3.27. The van der Waals surface area contributed by atoms with Gasteiger partial charge in [-0.25, -0.2) is 4.39 Å². The van der Waals surface area contributed by atoms with Crippen LogP contribution in [0.3, 0.4) is 0 Å². The standard InChI is InChI=1S/C19H15ClFN3O2/c1-11-5-6-16(15(21)7-11)24-10-13(9-17(24)25)19-22-18(23-26-19)12-3-2-4-14(20)8-12/h2-8,13H,9-10H2,1H3. The summed E-state index contributed by atoms with van der Waals surface area (Å²) in [6.45, 7) is 2.10. The van der Waals surface area contributed by atoms with E-state index in [-0.39, 0.29) is 23.9 Å². The number of rotatable bonds is 3. The molecule has 1 aliphatic rings. The topological polar surface area (TPSA) is 59.2 Å². The van der Waals surface area contributed by atoms with Crippen molar-refractivity contribution in [2.24, 2.45) is 0 Å². The maximum Gasteiger partial charge on any atom is 0.232 e. The number of halogens is 2. The van der Waals surface area contributed by atoms with Gasteiger partial charge in [0.2, 0.25) is 17.6 Å². The van der Waals surface area contributed by atoms with Gasteiger partial charge in [0.1, 0.15) is 5.82 Å². The molecule has 0 aliphatic carbocycles. The highest BCUT2D eigenvalue weighted by Crippen LogP contribution is 2.33. The number of carbonyl (C=O) groups excluding carboxylic acids is 1. The number of nitrogens with zero attached hydrogens (tertiary/aromatic N) is 3. The van der Waals surface area contributed by atoms with Gasteiger partial charge >= 0.3 is 0 Å². The van der Waals surface area contributed by atoms with E-state index in [4.69, 9.17) is 16.1 Å². The molecule has 0 saturated carbocycles. The Balaban J connectivity index is 1.58. The highest BCUT2D eigenvalue weighted by atomic mass is 35.5. The van der Waals surface area contributed by atoms with Gasteiger partial charge in [0.15, 0.2) is 0 Å². The molecule has 4 rings (SSSR count). The number of amides is 1. The molecule has 2 aromatic carbocycles. The average molecular weight is 372 g/mol. The zero-order valence-corrected chi connectivity index (χ0v) is 14.7. The van der Waals surface area contributed by atoms with Crippen LogP contribution in [0.5, 0.6) is 0 Å². The largest absolute Gasteiger partial charge is 0.339 e. The molecule has 132 valence electrons. The summed E-state index contributed by atoms with van der Waals surface area (Å²) in [5, 5.41) is 4.55. The van der Waals surface area contributed by atoms with Crippen molar-refractivity contribution in [1.82, 2.24) is 10.1 Å². The van der Waals surface area contributed by atoms with Crippen molar-refractivity contribution >= 4 is 23.2 Å². The minimum absolute atomic E-state index is 0.166. The molecule has 1 amide bonds. The Bertz CT molecular complexity index is 988. The summed E-state index contributed by atoms with van der Waals surface area (Å²) in [7, 11) is 0. The predicted molar refractivity (Wildman–Crippen MR) is 95.6 cm³/mol. The van der Waals surface area contributed by atoms with Crippen LogP contribution in [0.4, 0.5) is 10.1 Å². The van der Waals surface area contributed by atoms with E-state index >= 15 is 0 Å². The summed E-state index contributed by atoms with van der Waals surface area (Å²) >= 11 is 5.99. The van der Waals surface area contributed by atoms with Crippen LogP contribution < -0.4 is 4.90 Å². The molecule has 1 aromatic heterocycles. The van der Waals surface area contributed by atoms with Gasteiger partial charge in [-0.15, -0.1) is 0 Å². The van der Waals surface area contributed by atoms with Crippen LogP contribution in [0, 0.1) is 12.7 Å². The smallest absolute Gasteiger partial charge is 0.232 e. The molecule has 0 N–H and O–H groups in total. The third-order valence-corrected chi connectivity index (χ3v) is 4.63. The van der Waals surface area contributed by atoms with Gasteiger partial charge in [-0.2, -0.15) is 4.98 Å². The van der Waals surface area contributed by atoms with Crippen LogP contribution in [-0.2, 0) is 4.79 Å². The van der Waals surface area contributed by atoms with Crippen molar-refractivity contribution in [3.05, 3.63) is 64.8 Å². The first-order valence-corrected chi connectivity index (χ1v) is 8.55. The molecule has 1 aliphatic heterocycles. The SMILES string of the molecule is Cc1ccc(N2CC(c3nc(-c4cccc(Cl)c4)no3)CC2=O)c(F)c1. The molecule has 2 heterocycles. The van der Waals surface area contributed by atoms with Crippen molar-refractivity contribution in [1.29, 1.82) is 0 Å². The van der Waals surface area contributed by atoms with Gasteiger partial charge in [0, 0.05) is 23.6 Å². The maximum atomic E-state index is 14.2. The van der Waals surface area contributed by atoms with Crippen LogP contribution in [0.2, 0.25) is 5.02 Å². The Kier molecular flexibility index (Phi) is 4.20. The molecular formula is C19H15ClFN3O2.